The predicted octanol–water partition coefficient (Wildman–Crippen LogP) is 1.35. The van der Waals surface area contributed by atoms with E-state index < -0.39 is 129 Å². The van der Waals surface area contributed by atoms with Crippen LogP contribution in [0.3, 0.4) is 0 Å². The molecule has 0 aromatic rings. The van der Waals surface area contributed by atoms with E-state index in [2.05, 4.69) is 54.5 Å². The second-order valence-electron chi connectivity index (χ2n) is 23.2. The first kappa shape index (κ1) is 49.0. The summed E-state index contributed by atoms with van der Waals surface area (Å²) in [6.45, 7) is 13.4. The van der Waals surface area contributed by atoms with Gasteiger partial charge in [-0.2, -0.15) is 0 Å². The first-order chi connectivity index (χ1) is 29.9. The van der Waals surface area contributed by atoms with Crippen LogP contribution in [-0.2, 0) is 33.2 Å². The van der Waals surface area contributed by atoms with Crippen LogP contribution >= 0.6 is 0 Å². The summed E-state index contributed by atoms with van der Waals surface area (Å²) in [5.41, 5.74) is -2.28. The van der Waals surface area contributed by atoms with Gasteiger partial charge in [0, 0.05) is 0 Å². The van der Waals surface area contributed by atoms with Gasteiger partial charge in [0.15, 0.2) is 18.9 Å². The van der Waals surface area contributed by atoms with E-state index in [9.17, 15) is 55.9 Å². The lowest BCUT2D eigenvalue weighted by molar-refractivity contribution is -0.389. The minimum atomic E-state index is -2.09. The van der Waals surface area contributed by atoms with Crippen LogP contribution in [0.4, 0.5) is 0 Å². The van der Waals surface area contributed by atoms with Gasteiger partial charge in [0.2, 0.25) is 0 Å². The summed E-state index contributed by atoms with van der Waals surface area (Å²) in [4.78, 5) is 13.2. The number of hydrogen-bond donors (Lipinski definition) is 10. The number of ether oxygens (including phenoxy) is 6. The van der Waals surface area contributed by atoms with Gasteiger partial charge in [0.1, 0.15) is 60.5 Å². The summed E-state index contributed by atoms with van der Waals surface area (Å²) in [5, 5.41) is 107. The highest BCUT2D eigenvalue weighted by Gasteiger charge is 2.70. The van der Waals surface area contributed by atoms with E-state index in [1.807, 2.05) is 0 Å². The molecule has 0 bridgehead atoms. The summed E-state index contributed by atoms with van der Waals surface area (Å²) >= 11 is 0. The van der Waals surface area contributed by atoms with Crippen molar-refractivity contribution in [2.24, 2.45) is 50.2 Å². The Bertz CT molecular complexity index is 1760. The number of aliphatic hydroxyl groups excluding tert-OH is 8. The van der Waals surface area contributed by atoms with E-state index in [1.54, 1.807) is 0 Å². The molecule has 3 saturated heterocycles. The Balaban J connectivity index is 1.09. The Labute approximate surface area is 376 Å². The average Bonchev–Trinajstić information content (AvgIpc) is 3.52. The zero-order valence-electron chi connectivity index (χ0n) is 38.5. The van der Waals surface area contributed by atoms with Crippen LogP contribution < -0.4 is 0 Å². The molecular formula is C47H76O17. The fourth-order valence-corrected chi connectivity index (χ4v) is 14.9. The van der Waals surface area contributed by atoms with E-state index in [0.29, 0.717) is 25.2 Å². The molecule has 4 saturated carbocycles. The normalized spacial score (nSPS) is 53.3. The van der Waals surface area contributed by atoms with E-state index in [-0.39, 0.29) is 33.5 Å². The maximum atomic E-state index is 13.2. The zero-order chi connectivity index (χ0) is 46.7. The van der Waals surface area contributed by atoms with Gasteiger partial charge in [-0.1, -0.05) is 60.1 Å². The van der Waals surface area contributed by atoms with Crippen LogP contribution in [0.25, 0.3) is 0 Å². The van der Waals surface area contributed by atoms with Crippen molar-refractivity contribution in [1.29, 1.82) is 0 Å². The van der Waals surface area contributed by atoms with E-state index in [1.165, 1.54) is 5.57 Å². The Morgan fingerprint density at radius 3 is 2.00 bits per heavy atom. The van der Waals surface area contributed by atoms with Gasteiger partial charge < -0.3 is 79.5 Å². The largest absolute Gasteiger partial charge is 0.481 e. The second kappa shape index (κ2) is 16.9. The van der Waals surface area contributed by atoms with Crippen molar-refractivity contribution in [2.45, 2.75) is 198 Å². The highest BCUT2D eigenvalue weighted by molar-refractivity contribution is 5.76. The van der Waals surface area contributed by atoms with Crippen molar-refractivity contribution < 1.29 is 84.3 Å². The number of fused-ring (bicyclic) bond motifs is 7. The van der Waals surface area contributed by atoms with E-state index >= 15 is 0 Å². The van der Waals surface area contributed by atoms with Crippen LogP contribution in [0.15, 0.2) is 11.6 Å². The molecule has 17 heteroatoms. The summed E-state index contributed by atoms with van der Waals surface area (Å²) in [6.07, 6.45) is -9.34. The lowest BCUT2D eigenvalue weighted by atomic mass is 9.33. The molecule has 8 aliphatic rings. The molecular weight excluding hydrogens is 836 g/mol. The van der Waals surface area contributed by atoms with E-state index in [0.717, 1.165) is 44.9 Å². The number of hydrogen-bond acceptors (Lipinski definition) is 16. The van der Waals surface area contributed by atoms with E-state index in [4.69, 9.17) is 28.4 Å². The maximum absolute atomic E-state index is 13.2. The molecule has 10 N–H and O–H groups in total. The van der Waals surface area contributed by atoms with Crippen LogP contribution in [-0.4, -0.2) is 169 Å². The van der Waals surface area contributed by atoms with Crippen molar-refractivity contribution in [3.8, 4) is 0 Å². The van der Waals surface area contributed by atoms with Gasteiger partial charge in [-0.25, -0.2) is 0 Å². The number of carboxylic acid groups (broad SMARTS) is 1. The third-order valence-corrected chi connectivity index (χ3v) is 19.1. The first-order valence-corrected chi connectivity index (χ1v) is 23.7. The molecule has 3 heterocycles. The number of allylic oxidation sites excluding steroid dienone is 2. The summed E-state index contributed by atoms with van der Waals surface area (Å²) in [7, 11) is 0. The molecule has 7 fully saturated rings. The quantitative estimate of drug-likeness (QED) is 0.109. The minimum absolute atomic E-state index is 0.00319. The zero-order valence-corrected chi connectivity index (χ0v) is 38.5. The summed E-state index contributed by atoms with van der Waals surface area (Å²) in [5.74, 6) is -0.193. The molecule has 0 aromatic carbocycles. The fourth-order valence-electron chi connectivity index (χ4n) is 14.9. The smallest absolute Gasteiger partial charge is 0.310 e. The Morgan fingerprint density at radius 1 is 0.719 bits per heavy atom. The molecule has 64 heavy (non-hydrogen) atoms. The number of carboxylic acids is 1. The van der Waals surface area contributed by atoms with Crippen molar-refractivity contribution >= 4 is 5.97 Å². The van der Waals surface area contributed by atoms with Crippen LogP contribution in [0.5, 0.6) is 0 Å². The van der Waals surface area contributed by atoms with Crippen molar-refractivity contribution in [2.75, 3.05) is 26.4 Å². The Morgan fingerprint density at radius 2 is 1.36 bits per heavy atom. The van der Waals surface area contributed by atoms with Crippen molar-refractivity contribution in [3.05, 3.63) is 11.6 Å². The summed E-state index contributed by atoms with van der Waals surface area (Å²) < 4.78 is 36.9. The van der Waals surface area contributed by atoms with Crippen molar-refractivity contribution in [1.82, 2.24) is 0 Å². The topological polar surface area (TPSA) is 275 Å². The van der Waals surface area contributed by atoms with Gasteiger partial charge in [0.05, 0.1) is 37.9 Å². The summed E-state index contributed by atoms with van der Waals surface area (Å²) in [6, 6.07) is 0. The number of rotatable bonds is 10. The molecule has 3 aliphatic heterocycles. The molecule has 0 radical (unpaired) electrons. The minimum Gasteiger partial charge on any atom is -0.481 e. The molecule has 21 atom stereocenters. The van der Waals surface area contributed by atoms with Gasteiger partial charge in [-0.3, -0.25) is 4.79 Å². The van der Waals surface area contributed by atoms with Crippen LogP contribution in [0.1, 0.15) is 113 Å². The number of carbonyl (C=O) groups is 1. The average molecular weight is 913 g/mol. The fraction of sp³-hybridized carbons (Fsp3) is 0.936. The number of aliphatic hydroxyl groups is 9. The molecule has 366 valence electrons. The highest BCUT2D eigenvalue weighted by Crippen LogP contribution is 2.76. The third-order valence-electron chi connectivity index (χ3n) is 19.1. The highest BCUT2D eigenvalue weighted by atomic mass is 16.8. The Hall–Kier alpha value is -1.39. The molecule has 17 nitrogen and oxygen atoms in total. The van der Waals surface area contributed by atoms with Gasteiger partial charge in [0.25, 0.3) is 0 Å². The Kier molecular flexibility index (Phi) is 13.0. The SMILES string of the molecule is CC1(C)CC[C@]2(C(=O)O)CC[C@]3(C)C(=CC[C@@H]4[C@@]5(C)CC[C@H](O[C@@H]6O[C@H](CO)[C@@H](O)[C@H](O[C@@H]7OC[C@](O)(CO)[C@H]7O)[C@H]6O[C@@H]6O[C@H](CO)[C@@H](O)[C@H](O)[C@H]6O)C(C)(C)[C@@H]5CC[C@]43C)[C@@H]2C1. The van der Waals surface area contributed by atoms with Crippen LogP contribution in [0.2, 0.25) is 0 Å². The molecule has 0 aromatic heterocycles. The lowest BCUT2D eigenvalue weighted by Gasteiger charge is -2.71. The predicted molar refractivity (Wildman–Crippen MR) is 225 cm³/mol. The first-order valence-electron chi connectivity index (χ1n) is 23.7. The second-order valence-corrected chi connectivity index (χ2v) is 23.2. The third kappa shape index (κ3) is 7.40. The maximum Gasteiger partial charge on any atom is 0.310 e. The van der Waals surface area contributed by atoms with Crippen molar-refractivity contribution in [3.63, 3.8) is 0 Å². The monoisotopic (exact) mass is 913 g/mol. The molecule has 0 amide bonds. The van der Waals surface area contributed by atoms with Gasteiger partial charge >= 0.3 is 5.97 Å². The molecule has 0 unspecified atom stereocenters. The standard InChI is InChI=1S/C47H76O17/c1-41(2)14-16-46(40(56)57)17-15-44(6)23(24(46)18-41)8-9-28-43(5)12-11-29(42(3,4)27(43)10-13-45(28,44)7)62-38-35(64-37-33(54)32(53)30(51)25(19-48)60-37)34(31(52)26(20-49)61-38)63-39-36(55)47(58,21-50)22-59-39/h8,24-39,48-55,58H,9-22H2,1-7H3,(H,56,57)/t24-,25+,26+,27-,28+,29-,30+,31+,32-,33+,34-,35+,36-,37-,38-,39-,43-,44+,45+,46-,47+/m0/s1. The lowest BCUT2D eigenvalue weighted by Crippen LogP contribution is -2.67. The van der Waals surface area contributed by atoms with Gasteiger partial charge in [-0.05, 0) is 109 Å². The van der Waals surface area contributed by atoms with Gasteiger partial charge in [-0.15, -0.1) is 0 Å². The molecule has 0 spiro atoms. The molecule has 5 aliphatic carbocycles. The number of aliphatic carboxylic acids is 1. The molecule has 8 rings (SSSR count). The van der Waals surface area contributed by atoms with Crippen LogP contribution in [0, 0.1) is 50.2 Å².